The number of halogens is 1. The Morgan fingerprint density at radius 1 is 1.19 bits per heavy atom. The van der Waals surface area contributed by atoms with E-state index in [0.29, 0.717) is 10.8 Å². The fraction of sp³-hybridized carbons (Fsp3) is 0. The summed E-state index contributed by atoms with van der Waals surface area (Å²) in [6.07, 6.45) is 1.60. The SMILES string of the molecule is O=Nc1cccc(Nc2ccnc(Cl)c2)c1. The molecule has 0 bridgehead atoms. The van der Waals surface area contributed by atoms with Gasteiger partial charge in [0, 0.05) is 17.6 Å². The van der Waals surface area contributed by atoms with E-state index in [1.54, 1.807) is 36.5 Å². The maximum Gasteiger partial charge on any atom is 0.131 e. The molecule has 80 valence electrons. The van der Waals surface area contributed by atoms with Gasteiger partial charge in [-0.15, -0.1) is 4.91 Å². The molecule has 4 nitrogen and oxygen atoms in total. The van der Waals surface area contributed by atoms with Crippen LogP contribution in [0.4, 0.5) is 17.1 Å². The molecule has 1 heterocycles. The van der Waals surface area contributed by atoms with Crippen molar-refractivity contribution in [3.05, 3.63) is 52.7 Å². The minimum atomic E-state index is 0.380. The summed E-state index contributed by atoms with van der Waals surface area (Å²) in [5.41, 5.74) is 1.97. The molecule has 2 aromatic rings. The normalized spacial score (nSPS) is 9.81. The maximum atomic E-state index is 10.4. The smallest absolute Gasteiger partial charge is 0.131 e. The molecule has 2 rings (SSSR count). The highest BCUT2D eigenvalue weighted by atomic mass is 35.5. The van der Waals surface area contributed by atoms with E-state index in [2.05, 4.69) is 15.5 Å². The number of nitrogens with zero attached hydrogens (tertiary/aromatic N) is 2. The van der Waals surface area contributed by atoms with E-state index in [1.165, 1.54) is 0 Å². The third-order valence-electron chi connectivity index (χ3n) is 1.97. The van der Waals surface area contributed by atoms with Gasteiger partial charge in [0.15, 0.2) is 0 Å². The van der Waals surface area contributed by atoms with Gasteiger partial charge >= 0.3 is 0 Å². The van der Waals surface area contributed by atoms with Crippen LogP contribution in [0.15, 0.2) is 47.8 Å². The van der Waals surface area contributed by atoms with E-state index in [9.17, 15) is 4.91 Å². The van der Waals surface area contributed by atoms with Gasteiger partial charge in [-0.3, -0.25) is 0 Å². The zero-order valence-corrected chi connectivity index (χ0v) is 8.98. The van der Waals surface area contributed by atoms with Crippen LogP contribution < -0.4 is 5.32 Å². The summed E-state index contributed by atoms with van der Waals surface area (Å²) in [6.45, 7) is 0. The van der Waals surface area contributed by atoms with Crippen molar-refractivity contribution in [3.8, 4) is 0 Å². The molecule has 0 aliphatic rings. The summed E-state index contributed by atoms with van der Waals surface area (Å²) in [6, 6.07) is 10.4. The highest BCUT2D eigenvalue weighted by Gasteiger charge is 1.98. The quantitative estimate of drug-likeness (QED) is 0.647. The van der Waals surface area contributed by atoms with Crippen LogP contribution in [0.3, 0.4) is 0 Å². The summed E-state index contributed by atoms with van der Waals surface area (Å²) >= 11 is 5.75. The molecule has 0 fully saturated rings. The Balaban J connectivity index is 2.23. The summed E-state index contributed by atoms with van der Waals surface area (Å²) in [7, 11) is 0. The van der Waals surface area contributed by atoms with Gasteiger partial charge in [-0.1, -0.05) is 17.7 Å². The molecule has 16 heavy (non-hydrogen) atoms. The first-order valence-corrected chi connectivity index (χ1v) is 4.98. The van der Waals surface area contributed by atoms with Crippen molar-refractivity contribution in [1.29, 1.82) is 0 Å². The molecule has 1 N–H and O–H groups in total. The van der Waals surface area contributed by atoms with Crippen molar-refractivity contribution in [2.24, 2.45) is 5.18 Å². The van der Waals surface area contributed by atoms with Crippen LogP contribution in [0.2, 0.25) is 5.15 Å². The first-order valence-electron chi connectivity index (χ1n) is 4.60. The lowest BCUT2D eigenvalue weighted by Gasteiger charge is -2.06. The Morgan fingerprint density at radius 2 is 2.00 bits per heavy atom. The number of benzene rings is 1. The molecule has 0 amide bonds. The molecule has 0 aliphatic carbocycles. The number of nitroso groups, excluding NO2 is 1. The predicted octanol–water partition coefficient (Wildman–Crippen LogP) is 3.88. The Labute approximate surface area is 97.3 Å². The van der Waals surface area contributed by atoms with Crippen LogP contribution in [-0.4, -0.2) is 4.98 Å². The Bertz CT molecular complexity index is 516. The number of anilines is 2. The molecule has 0 saturated carbocycles. The van der Waals surface area contributed by atoms with Crippen LogP contribution in [-0.2, 0) is 0 Å². The van der Waals surface area contributed by atoms with Crippen molar-refractivity contribution >= 4 is 28.7 Å². The van der Waals surface area contributed by atoms with Gasteiger partial charge in [0.2, 0.25) is 0 Å². The van der Waals surface area contributed by atoms with Crippen molar-refractivity contribution in [1.82, 2.24) is 4.98 Å². The second-order valence-corrected chi connectivity index (χ2v) is 3.52. The molecule has 1 aromatic heterocycles. The largest absolute Gasteiger partial charge is 0.355 e. The third kappa shape index (κ3) is 2.55. The number of pyridine rings is 1. The first-order chi connectivity index (χ1) is 7.78. The lowest BCUT2D eigenvalue weighted by atomic mass is 10.2. The van der Waals surface area contributed by atoms with Crippen molar-refractivity contribution in [2.75, 3.05) is 5.32 Å². The van der Waals surface area contributed by atoms with Crippen molar-refractivity contribution in [3.63, 3.8) is 0 Å². The standard InChI is InChI=1S/C11H8ClN3O/c12-11-7-9(4-5-13-11)14-8-2-1-3-10(6-8)15-16/h1-7H,(H,13,14). The predicted molar refractivity (Wildman–Crippen MR) is 64.4 cm³/mol. The van der Waals surface area contributed by atoms with Crippen molar-refractivity contribution in [2.45, 2.75) is 0 Å². The first kappa shape index (κ1) is 10.6. The second kappa shape index (κ2) is 4.72. The van der Waals surface area contributed by atoms with Gasteiger partial charge in [-0.2, -0.15) is 0 Å². The van der Waals surface area contributed by atoms with Gasteiger partial charge in [0.25, 0.3) is 0 Å². The van der Waals surface area contributed by atoms with E-state index in [1.807, 2.05) is 6.07 Å². The van der Waals surface area contributed by atoms with E-state index >= 15 is 0 Å². The summed E-state index contributed by atoms with van der Waals surface area (Å²) < 4.78 is 0. The fourth-order valence-electron chi connectivity index (χ4n) is 1.29. The molecular weight excluding hydrogens is 226 g/mol. The zero-order valence-electron chi connectivity index (χ0n) is 8.22. The van der Waals surface area contributed by atoms with E-state index in [-0.39, 0.29) is 0 Å². The monoisotopic (exact) mass is 233 g/mol. The Kier molecular flexibility index (Phi) is 3.12. The summed E-state index contributed by atoms with van der Waals surface area (Å²) in [4.78, 5) is 14.2. The Morgan fingerprint density at radius 3 is 2.75 bits per heavy atom. The van der Waals surface area contributed by atoms with Crippen LogP contribution in [0.1, 0.15) is 0 Å². The van der Waals surface area contributed by atoms with Crippen LogP contribution in [0, 0.1) is 4.91 Å². The maximum absolute atomic E-state index is 10.4. The van der Waals surface area contributed by atoms with E-state index in [0.717, 1.165) is 11.4 Å². The summed E-state index contributed by atoms with van der Waals surface area (Å²) in [5, 5.41) is 6.37. The number of hydrogen-bond acceptors (Lipinski definition) is 4. The molecule has 0 spiro atoms. The molecule has 0 unspecified atom stereocenters. The average Bonchev–Trinajstić information content (AvgIpc) is 2.29. The van der Waals surface area contributed by atoms with Gasteiger partial charge in [0.05, 0.1) is 0 Å². The molecular formula is C11H8ClN3O. The lowest BCUT2D eigenvalue weighted by molar-refractivity contribution is 1.32. The van der Waals surface area contributed by atoms with Gasteiger partial charge in [0.1, 0.15) is 10.8 Å². The van der Waals surface area contributed by atoms with E-state index in [4.69, 9.17) is 11.6 Å². The minimum absolute atomic E-state index is 0.380. The van der Waals surface area contributed by atoms with Crippen LogP contribution in [0.25, 0.3) is 0 Å². The van der Waals surface area contributed by atoms with Crippen molar-refractivity contribution < 1.29 is 0 Å². The van der Waals surface area contributed by atoms with Crippen LogP contribution in [0.5, 0.6) is 0 Å². The lowest BCUT2D eigenvalue weighted by Crippen LogP contribution is -1.90. The minimum Gasteiger partial charge on any atom is -0.355 e. The molecule has 5 heteroatoms. The second-order valence-electron chi connectivity index (χ2n) is 3.13. The number of nitrogens with one attached hydrogen (secondary N) is 1. The topological polar surface area (TPSA) is 54.4 Å². The van der Waals surface area contributed by atoms with Crippen LogP contribution >= 0.6 is 11.6 Å². The highest BCUT2D eigenvalue weighted by Crippen LogP contribution is 2.22. The molecule has 0 radical (unpaired) electrons. The van der Waals surface area contributed by atoms with Gasteiger partial charge in [-0.05, 0) is 35.5 Å². The molecule has 0 aliphatic heterocycles. The highest BCUT2D eigenvalue weighted by molar-refractivity contribution is 6.29. The zero-order chi connectivity index (χ0) is 11.4. The fourth-order valence-corrected chi connectivity index (χ4v) is 1.46. The van der Waals surface area contributed by atoms with Gasteiger partial charge in [-0.25, -0.2) is 4.98 Å². The average molecular weight is 234 g/mol. The Hall–Kier alpha value is -1.94. The number of rotatable bonds is 3. The van der Waals surface area contributed by atoms with E-state index < -0.39 is 0 Å². The number of aromatic nitrogens is 1. The number of hydrogen-bond donors (Lipinski definition) is 1. The molecule has 0 atom stereocenters. The third-order valence-corrected chi connectivity index (χ3v) is 2.17. The van der Waals surface area contributed by atoms with Gasteiger partial charge < -0.3 is 5.32 Å². The molecule has 0 saturated heterocycles. The summed E-state index contributed by atoms with van der Waals surface area (Å²) in [5.74, 6) is 0. The molecule has 1 aromatic carbocycles.